The second-order valence-corrected chi connectivity index (χ2v) is 11.7. The summed E-state index contributed by atoms with van der Waals surface area (Å²) in [6, 6.07) is 4.29. The standard InChI is InChI=1S/C22H23N3O6S2/c1-12(26)32-21(4)18(28)25-17(14-7-8-15-16(9-14)31-11-30-15)20(3,23-5)10-22(25,33-13(2)27)19(29)24(21)6/h7-9,17H,10-11H2,1-4,6H3/t17?,20-,21-,22-/m0/s1. The summed E-state index contributed by atoms with van der Waals surface area (Å²) in [5.41, 5.74) is -0.626. The van der Waals surface area contributed by atoms with E-state index in [9.17, 15) is 19.2 Å². The van der Waals surface area contributed by atoms with Crippen LogP contribution in [0.2, 0.25) is 0 Å². The number of thioether (sulfide) groups is 2. The SMILES string of the molecule is [C-]#[N+][C@@]1(C)C[C@]2(SC(C)=O)C(=O)N(C)[C@@](C)(SC(C)=O)C(=O)N2C1c1ccc2c(c1)OCO2. The lowest BCUT2D eigenvalue weighted by Gasteiger charge is -2.52. The summed E-state index contributed by atoms with van der Waals surface area (Å²) in [7, 11) is 1.46. The minimum Gasteiger partial charge on any atom is -0.454 e. The summed E-state index contributed by atoms with van der Waals surface area (Å²) in [5.74, 6) is 0.0268. The molecule has 2 fully saturated rings. The summed E-state index contributed by atoms with van der Waals surface area (Å²) >= 11 is 1.50. The van der Waals surface area contributed by atoms with E-state index in [4.69, 9.17) is 16.0 Å². The molecule has 1 aromatic carbocycles. The molecule has 1 aromatic rings. The molecule has 0 spiro atoms. The van der Waals surface area contributed by atoms with Gasteiger partial charge in [-0.3, -0.25) is 19.2 Å². The quantitative estimate of drug-likeness (QED) is 0.598. The first-order chi connectivity index (χ1) is 15.4. The highest BCUT2D eigenvalue weighted by atomic mass is 32.2. The first kappa shape index (κ1) is 23.4. The summed E-state index contributed by atoms with van der Waals surface area (Å²) in [6.45, 7) is 13.9. The Bertz CT molecular complexity index is 1140. The summed E-state index contributed by atoms with van der Waals surface area (Å²) in [4.78, 5) is 55.7. The number of amides is 2. The average molecular weight is 490 g/mol. The van der Waals surface area contributed by atoms with Crippen LogP contribution in [0, 0.1) is 6.57 Å². The minimum atomic E-state index is -1.60. The molecule has 0 aliphatic carbocycles. The van der Waals surface area contributed by atoms with Crippen molar-refractivity contribution in [2.75, 3.05) is 13.8 Å². The number of fused-ring (bicyclic) bond motifs is 2. The zero-order chi connectivity index (χ0) is 24.3. The molecule has 2 amide bonds. The van der Waals surface area contributed by atoms with Crippen LogP contribution in [0.5, 0.6) is 11.5 Å². The average Bonchev–Trinajstić information content (AvgIpc) is 3.30. The van der Waals surface area contributed by atoms with Gasteiger partial charge in [0.25, 0.3) is 17.4 Å². The van der Waals surface area contributed by atoms with E-state index >= 15 is 0 Å². The molecular formula is C22H23N3O6S2. The van der Waals surface area contributed by atoms with Crippen LogP contribution in [0.15, 0.2) is 18.2 Å². The molecule has 3 aliphatic rings. The van der Waals surface area contributed by atoms with E-state index in [1.54, 1.807) is 25.1 Å². The van der Waals surface area contributed by atoms with Gasteiger partial charge in [-0.05, 0) is 36.4 Å². The summed E-state index contributed by atoms with van der Waals surface area (Å²) in [5, 5.41) is -0.681. The van der Waals surface area contributed by atoms with Crippen molar-refractivity contribution in [1.82, 2.24) is 9.80 Å². The van der Waals surface area contributed by atoms with Crippen molar-refractivity contribution in [2.24, 2.45) is 0 Å². The van der Waals surface area contributed by atoms with Crippen LogP contribution in [0.25, 0.3) is 4.85 Å². The predicted molar refractivity (Wildman–Crippen MR) is 122 cm³/mol. The third kappa shape index (κ3) is 3.30. The molecule has 3 heterocycles. The smallest absolute Gasteiger partial charge is 0.261 e. The van der Waals surface area contributed by atoms with Crippen LogP contribution in [-0.4, -0.2) is 61.0 Å². The lowest BCUT2D eigenvalue weighted by molar-refractivity contribution is -0.163. The maximum Gasteiger partial charge on any atom is 0.261 e. The number of carbonyl (C=O) groups is 4. The van der Waals surface area contributed by atoms with Crippen LogP contribution < -0.4 is 9.47 Å². The Morgan fingerprint density at radius 1 is 1.09 bits per heavy atom. The number of piperazine rings is 1. The van der Waals surface area contributed by atoms with Gasteiger partial charge in [-0.25, -0.2) is 6.57 Å². The molecule has 0 N–H and O–H groups in total. The van der Waals surface area contributed by atoms with Gasteiger partial charge in [0.15, 0.2) is 31.5 Å². The van der Waals surface area contributed by atoms with Crippen molar-refractivity contribution in [3.63, 3.8) is 0 Å². The highest BCUT2D eigenvalue weighted by Gasteiger charge is 2.74. The first-order valence-corrected chi connectivity index (χ1v) is 11.8. The van der Waals surface area contributed by atoms with Crippen LogP contribution in [0.3, 0.4) is 0 Å². The number of likely N-dealkylation sites (N-methyl/N-ethyl adjacent to an activating group) is 1. The number of rotatable bonds is 3. The first-order valence-electron chi connectivity index (χ1n) is 10.2. The second kappa shape index (κ2) is 7.67. The molecule has 2 saturated heterocycles. The number of carbonyl (C=O) groups excluding carboxylic acids is 4. The van der Waals surface area contributed by atoms with Gasteiger partial charge >= 0.3 is 0 Å². The normalized spacial score (nSPS) is 32.5. The van der Waals surface area contributed by atoms with Crippen molar-refractivity contribution < 1.29 is 28.7 Å². The van der Waals surface area contributed by atoms with Gasteiger partial charge in [-0.2, -0.15) is 0 Å². The Morgan fingerprint density at radius 2 is 1.73 bits per heavy atom. The Hall–Kier alpha value is -2.71. The third-order valence-electron chi connectivity index (χ3n) is 6.35. The van der Waals surface area contributed by atoms with Crippen molar-refractivity contribution >= 4 is 45.6 Å². The number of benzene rings is 1. The van der Waals surface area contributed by atoms with Gasteiger partial charge in [0.05, 0.1) is 6.42 Å². The van der Waals surface area contributed by atoms with Crippen molar-refractivity contribution in [2.45, 2.75) is 55.4 Å². The molecular weight excluding hydrogens is 466 g/mol. The largest absolute Gasteiger partial charge is 0.454 e. The Kier molecular flexibility index (Phi) is 5.45. The molecule has 0 radical (unpaired) electrons. The molecule has 174 valence electrons. The minimum absolute atomic E-state index is 0.0391. The molecule has 33 heavy (non-hydrogen) atoms. The van der Waals surface area contributed by atoms with E-state index in [1.807, 2.05) is 0 Å². The Balaban J connectivity index is 1.96. The number of hydrogen-bond acceptors (Lipinski definition) is 8. The van der Waals surface area contributed by atoms with Gasteiger partial charge in [0, 0.05) is 27.8 Å². The van der Waals surface area contributed by atoms with E-state index in [-0.39, 0.29) is 23.4 Å². The molecule has 4 rings (SSSR count). The maximum atomic E-state index is 14.1. The Labute approximate surface area is 199 Å². The molecule has 1 unspecified atom stereocenters. The topological polar surface area (TPSA) is 97.6 Å². The van der Waals surface area contributed by atoms with Crippen LogP contribution in [0.1, 0.15) is 45.7 Å². The fourth-order valence-electron chi connectivity index (χ4n) is 4.89. The second-order valence-electron chi connectivity index (χ2n) is 8.65. The zero-order valence-electron chi connectivity index (χ0n) is 18.8. The lowest BCUT2D eigenvalue weighted by Crippen LogP contribution is -2.71. The highest BCUT2D eigenvalue weighted by molar-refractivity contribution is 8.16. The fraction of sp³-hybridized carbons (Fsp3) is 0.500. The van der Waals surface area contributed by atoms with Crippen molar-refractivity contribution in [3.05, 3.63) is 35.2 Å². The van der Waals surface area contributed by atoms with Gasteiger partial charge in [0.1, 0.15) is 6.04 Å². The predicted octanol–water partition coefficient (Wildman–Crippen LogP) is 2.81. The summed E-state index contributed by atoms with van der Waals surface area (Å²) < 4.78 is 10.9. The molecule has 3 aliphatic heterocycles. The zero-order valence-corrected chi connectivity index (χ0v) is 20.5. The highest BCUT2D eigenvalue weighted by Crippen LogP contribution is 2.60. The molecule has 4 atom stereocenters. The van der Waals surface area contributed by atoms with Crippen molar-refractivity contribution in [3.8, 4) is 11.5 Å². The fourth-order valence-corrected chi connectivity index (χ4v) is 7.20. The lowest BCUT2D eigenvalue weighted by atomic mass is 9.87. The Morgan fingerprint density at radius 3 is 2.33 bits per heavy atom. The monoisotopic (exact) mass is 489 g/mol. The molecule has 0 aromatic heterocycles. The van der Waals surface area contributed by atoms with E-state index in [0.29, 0.717) is 17.1 Å². The molecule has 0 bridgehead atoms. The number of nitrogens with zero attached hydrogens (tertiary/aromatic N) is 3. The van der Waals surface area contributed by atoms with Gasteiger partial charge < -0.3 is 24.1 Å². The van der Waals surface area contributed by atoms with Gasteiger partial charge in [-0.15, -0.1) is 0 Å². The maximum absolute atomic E-state index is 14.1. The van der Waals surface area contributed by atoms with E-state index in [1.165, 1.54) is 37.6 Å². The van der Waals surface area contributed by atoms with Crippen LogP contribution in [-0.2, 0) is 19.2 Å². The van der Waals surface area contributed by atoms with E-state index in [2.05, 4.69) is 4.85 Å². The number of ether oxygens (including phenoxy) is 2. The molecule has 11 heteroatoms. The van der Waals surface area contributed by atoms with Crippen LogP contribution >= 0.6 is 23.5 Å². The molecule has 0 saturated carbocycles. The van der Waals surface area contributed by atoms with Gasteiger partial charge in [0.2, 0.25) is 6.79 Å². The van der Waals surface area contributed by atoms with Crippen molar-refractivity contribution in [1.29, 1.82) is 0 Å². The van der Waals surface area contributed by atoms with Crippen LogP contribution in [0.4, 0.5) is 0 Å². The molecule has 9 nitrogen and oxygen atoms in total. The van der Waals surface area contributed by atoms with E-state index < -0.39 is 33.1 Å². The third-order valence-corrected chi connectivity index (χ3v) is 8.63. The van der Waals surface area contributed by atoms with E-state index in [0.717, 1.165) is 23.5 Å². The number of hydrogen-bond donors (Lipinski definition) is 0. The van der Waals surface area contributed by atoms with Gasteiger partial charge in [-0.1, -0.05) is 17.8 Å². The summed E-state index contributed by atoms with van der Waals surface area (Å²) in [6.07, 6.45) is -0.0391.